The van der Waals surface area contributed by atoms with Crippen LogP contribution in [-0.2, 0) is 0 Å². The Labute approximate surface area is 150 Å². The molecule has 0 radical (unpaired) electrons. The van der Waals surface area contributed by atoms with Crippen molar-refractivity contribution in [1.29, 1.82) is 0 Å². The van der Waals surface area contributed by atoms with Gasteiger partial charge < -0.3 is 10.6 Å². The Morgan fingerprint density at radius 3 is 2.58 bits per heavy atom. The molecule has 0 bridgehead atoms. The van der Waals surface area contributed by atoms with Crippen molar-refractivity contribution in [1.82, 2.24) is 15.4 Å². The van der Waals surface area contributed by atoms with Gasteiger partial charge in [0.15, 0.2) is 11.6 Å². The summed E-state index contributed by atoms with van der Waals surface area (Å²) in [5, 5.41) is 0.703. The van der Waals surface area contributed by atoms with Gasteiger partial charge in [0, 0.05) is 18.1 Å². The van der Waals surface area contributed by atoms with Crippen LogP contribution >= 0.6 is 23.2 Å². The number of aromatic nitrogens is 2. The summed E-state index contributed by atoms with van der Waals surface area (Å²) in [5.41, 5.74) is 11.9. The van der Waals surface area contributed by atoms with Gasteiger partial charge in [-0.25, -0.2) is 9.97 Å². The van der Waals surface area contributed by atoms with E-state index in [4.69, 9.17) is 28.9 Å². The predicted octanol–water partition coefficient (Wildman–Crippen LogP) is 2.97. The van der Waals surface area contributed by atoms with Crippen molar-refractivity contribution in [3.8, 4) is 0 Å². The molecule has 0 aliphatic heterocycles. The van der Waals surface area contributed by atoms with Crippen LogP contribution < -0.4 is 21.5 Å². The Kier molecular flexibility index (Phi) is 6.05. The lowest BCUT2D eigenvalue weighted by atomic mass is 10.2. The summed E-state index contributed by atoms with van der Waals surface area (Å²) in [6.07, 6.45) is 1.38. The number of halogens is 2. The molecule has 1 heterocycles. The second kappa shape index (κ2) is 8.03. The first-order chi connectivity index (χ1) is 11.5. The minimum Gasteiger partial charge on any atom is -0.393 e. The van der Waals surface area contributed by atoms with Crippen LogP contribution in [-0.4, -0.2) is 29.0 Å². The molecule has 2 aromatic rings. The maximum atomic E-state index is 12.2. The molecule has 0 unspecified atom stereocenters. The molecule has 2 rings (SSSR count). The van der Waals surface area contributed by atoms with Gasteiger partial charge in [0.25, 0.3) is 5.91 Å². The second-order valence-corrected chi connectivity index (χ2v) is 5.68. The minimum absolute atomic E-state index is 0.251. The van der Waals surface area contributed by atoms with Gasteiger partial charge in [0.1, 0.15) is 12.0 Å². The van der Waals surface area contributed by atoms with Crippen LogP contribution in [0, 0.1) is 0 Å². The highest BCUT2D eigenvalue weighted by molar-refractivity contribution is 6.36. The fourth-order valence-electron chi connectivity index (χ4n) is 2.12. The predicted molar refractivity (Wildman–Crippen MR) is 97.6 cm³/mol. The van der Waals surface area contributed by atoms with Gasteiger partial charge in [-0.3, -0.25) is 15.6 Å². The molecular weight excluding hydrogens is 351 g/mol. The number of nitrogens with one attached hydrogen (secondary N) is 2. The summed E-state index contributed by atoms with van der Waals surface area (Å²) >= 11 is 11.8. The first kappa shape index (κ1) is 18.1. The Morgan fingerprint density at radius 1 is 1.25 bits per heavy atom. The molecule has 24 heavy (non-hydrogen) atoms. The molecule has 1 amide bonds. The van der Waals surface area contributed by atoms with E-state index >= 15 is 0 Å². The van der Waals surface area contributed by atoms with E-state index in [2.05, 4.69) is 20.8 Å². The lowest BCUT2D eigenvalue weighted by molar-refractivity contribution is 0.0962. The smallest absolute Gasteiger partial charge is 0.271 e. The number of hydrazine groups is 1. The molecule has 1 aromatic carbocycles. The Balaban J connectivity index is 2.14. The molecule has 0 aliphatic rings. The van der Waals surface area contributed by atoms with Crippen LogP contribution in [0.15, 0.2) is 24.5 Å². The van der Waals surface area contributed by atoms with Crippen molar-refractivity contribution in [2.24, 2.45) is 0 Å². The highest BCUT2D eigenvalue weighted by atomic mass is 35.5. The third kappa shape index (κ3) is 3.98. The van der Waals surface area contributed by atoms with Gasteiger partial charge in [0.05, 0.1) is 10.6 Å². The van der Waals surface area contributed by atoms with Crippen LogP contribution in [0.5, 0.6) is 0 Å². The number of carbonyl (C=O) groups excluding carboxylic acids is 1. The molecule has 1 aromatic heterocycles. The Hall–Kier alpha value is -2.25. The molecule has 0 aliphatic carbocycles. The summed E-state index contributed by atoms with van der Waals surface area (Å²) in [7, 11) is 0. The van der Waals surface area contributed by atoms with E-state index in [0.29, 0.717) is 22.3 Å². The number of rotatable bonds is 6. The molecule has 0 fully saturated rings. The topological polar surface area (TPSA) is 96.2 Å². The van der Waals surface area contributed by atoms with E-state index in [-0.39, 0.29) is 10.6 Å². The largest absolute Gasteiger partial charge is 0.393 e. The number of hydrogen-bond donors (Lipinski definition) is 3. The lowest BCUT2D eigenvalue weighted by Crippen LogP contribution is -2.31. The second-order valence-electron chi connectivity index (χ2n) is 4.84. The van der Waals surface area contributed by atoms with Crippen molar-refractivity contribution in [2.45, 2.75) is 13.8 Å². The molecule has 4 N–H and O–H groups in total. The highest BCUT2D eigenvalue weighted by Gasteiger charge is 2.15. The number of amides is 1. The monoisotopic (exact) mass is 368 g/mol. The van der Waals surface area contributed by atoms with Gasteiger partial charge in [-0.2, -0.15) is 0 Å². The average Bonchev–Trinajstić information content (AvgIpc) is 2.56. The zero-order valence-electron chi connectivity index (χ0n) is 13.3. The van der Waals surface area contributed by atoms with Crippen LogP contribution in [0.2, 0.25) is 10.0 Å². The molecule has 0 atom stereocenters. The third-order valence-corrected chi connectivity index (χ3v) is 3.94. The van der Waals surface area contributed by atoms with Gasteiger partial charge in [-0.1, -0.05) is 23.2 Å². The molecule has 0 spiro atoms. The number of nitrogens with two attached hydrogens (primary N) is 1. The fraction of sp³-hybridized carbons (Fsp3) is 0.267. The van der Waals surface area contributed by atoms with Gasteiger partial charge in [-0.05, 0) is 32.0 Å². The number of carbonyl (C=O) groups is 1. The van der Waals surface area contributed by atoms with E-state index < -0.39 is 5.91 Å². The lowest BCUT2D eigenvalue weighted by Gasteiger charge is -2.22. The summed E-state index contributed by atoms with van der Waals surface area (Å²) in [6, 6.07) is 4.61. The molecule has 9 heteroatoms. The van der Waals surface area contributed by atoms with Crippen molar-refractivity contribution < 1.29 is 4.79 Å². The maximum Gasteiger partial charge on any atom is 0.271 e. The summed E-state index contributed by atoms with van der Waals surface area (Å²) < 4.78 is 0. The van der Waals surface area contributed by atoms with Crippen LogP contribution in [0.25, 0.3) is 0 Å². The maximum absolute atomic E-state index is 12.2. The van der Waals surface area contributed by atoms with Crippen LogP contribution in [0.3, 0.4) is 0 Å². The number of anilines is 3. The first-order valence-electron chi connectivity index (χ1n) is 7.34. The quantitative estimate of drug-likeness (QED) is 0.678. The fourth-order valence-corrected chi connectivity index (χ4v) is 2.61. The summed E-state index contributed by atoms with van der Waals surface area (Å²) in [4.78, 5) is 22.4. The van der Waals surface area contributed by atoms with Gasteiger partial charge in [-0.15, -0.1) is 0 Å². The molecule has 128 valence electrons. The molecule has 7 nitrogen and oxygen atoms in total. The van der Waals surface area contributed by atoms with E-state index in [1.165, 1.54) is 18.5 Å². The van der Waals surface area contributed by atoms with Crippen LogP contribution in [0.4, 0.5) is 17.3 Å². The zero-order chi connectivity index (χ0) is 17.7. The molecule has 0 saturated carbocycles. The van der Waals surface area contributed by atoms with Crippen molar-refractivity contribution in [3.05, 3.63) is 40.1 Å². The minimum atomic E-state index is -0.431. The van der Waals surface area contributed by atoms with E-state index in [1.807, 2.05) is 18.7 Å². The number of nitrogen functional groups attached to an aromatic ring is 1. The average molecular weight is 369 g/mol. The van der Waals surface area contributed by atoms with Crippen molar-refractivity contribution >= 4 is 46.4 Å². The van der Waals surface area contributed by atoms with Crippen molar-refractivity contribution in [3.63, 3.8) is 0 Å². The first-order valence-corrected chi connectivity index (χ1v) is 8.10. The highest BCUT2D eigenvalue weighted by Crippen LogP contribution is 2.25. The molecular formula is C15H18Cl2N6O. The number of benzene rings is 1. The van der Waals surface area contributed by atoms with E-state index in [9.17, 15) is 4.79 Å². The normalized spacial score (nSPS) is 10.3. The van der Waals surface area contributed by atoms with Crippen molar-refractivity contribution in [2.75, 3.05) is 29.1 Å². The SMILES string of the molecule is CCN(CC)c1ncnc(NNC(=O)c2ccc(Cl)cc2Cl)c1N. The number of hydrogen-bond acceptors (Lipinski definition) is 6. The van der Waals surface area contributed by atoms with Crippen LogP contribution in [0.1, 0.15) is 24.2 Å². The number of nitrogens with zero attached hydrogens (tertiary/aromatic N) is 3. The van der Waals surface area contributed by atoms with E-state index in [0.717, 1.165) is 13.1 Å². The zero-order valence-corrected chi connectivity index (χ0v) is 14.8. The standard InChI is InChI=1S/C15H18Cl2N6O/c1-3-23(4-2)14-12(18)13(19-8-20-14)21-22-15(24)10-6-5-9(16)7-11(10)17/h5-8H,3-4,18H2,1-2H3,(H,22,24)(H,19,20,21). The summed E-state index contributed by atoms with van der Waals surface area (Å²) in [5.74, 6) is 0.487. The molecule has 0 saturated heterocycles. The van der Waals surface area contributed by atoms with E-state index in [1.54, 1.807) is 6.07 Å². The third-order valence-electron chi connectivity index (χ3n) is 3.40. The van der Waals surface area contributed by atoms with Gasteiger partial charge >= 0.3 is 0 Å². The Bertz CT molecular complexity index is 736. The Morgan fingerprint density at radius 2 is 1.96 bits per heavy atom. The summed E-state index contributed by atoms with van der Waals surface area (Å²) in [6.45, 7) is 5.51. The van der Waals surface area contributed by atoms with Gasteiger partial charge in [0.2, 0.25) is 0 Å².